The molecule has 2 nitrogen and oxygen atoms in total. The molecule has 0 atom stereocenters. The summed E-state index contributed by atoms with van der Waals surface area (Å²) >= 11 is 3.54. The minimum Gasteiger partial charge on any atom is -0.398 e. The summed E-state index contributed by atoms with van der Waals surface area (Å²) in [5.74, 6) is 0. The summed E-state index contributed by atoms with van der Waals surface area (Å²) in [6.07, 6.45) is 0. The van der Waals surface area contributed by atoms with Crippen molar-refractivity contribution in [3.05, 3.63) is 22.2 Å². The quantitative estimate of drug-likeness (QED) is 0.842. The first-order chi connectivity index (χ1) is 6.60. The lowest BCUT2D eigenvalue weighted by Crippen LogP contribution is -2.22. The molecule has 0 bridgehead atoms. The first-order valence-corrected chi connectivity index (χ1v) is 5.70. The van der Waals surface area contributed by atoms with Crippen LogP contribution in [0.3, 0.4) is 0 Å². The molecular formula is C11H17BrN2. The predicted molar refractivity (Wildman–Crippen MR) is 66.9 cm³/mol. The minimum atomic E-state index is 0.841. The van der Waals surface area contributed by atoms with E-state index in [-0.39, 0.29) is 0 Å². The van der Waals surface area contributed by atoms with Gasteiger partial charge < -0.3 is 10.6 Å². The van der Waals surface area contributed by atoms with Crippen LogP contribution in [0, 0.1) is 6.92 Å². The van der Waals surface area contributed by atoms with Crippen molar-refractivity contribution in [2.24, 2.45) is 0 Å². The van der Waals surface area contributed by atoms with Crippen LogP contribution in [0.5, 0.6) is 0 Å². The normalized spacial score (nSPS) is 10.3. The van der Waals surface area contributed by atoms with Crippen molar-refractivity contribution in [3.63, 3.8) is 0 Å². The number of nitrogens with two attached hydrogens (primary N) is 1. The Morgan fingerprint density at radius 3 is 2.36 bits per heavy atom. The topological polar surface area (TPSA) is 29.3 Å². The van der Waals surface area contributed by atoms with Gasteiger partial charge in [-0.3, -0.25) is 0 Å². The van der Waals surface area contributed by atoms with E-state index in [4.69, 9.17) is 5.73 Å². The fourth-order valence-electron chi connectivity index (χ4n) is 1.49. The van der Waals surface area contributed by atoms with Crippen LogP contribution in [-0.2, 0) is 0 Å². The molecule has 0 amide bonds. The summed E-state index contributed by atoms with van der Waals surface area (Å²) in [7, 11) is 0. The number of hydrogen-bond donors (Lipinski definition) is 1. The van der Waals surface area contributed by atoms with Crippen LogP contribution in [-0.4, -0.2) is 13.1 Å². The molecule has 1 aromatic carbocycles. The molecule has 2 N–H and O–H groups in total. The van der Waals surface area contributed by atoms with E-state index in [9.17, 15) is 0 Å². The Morgan fingerprint density at radius 1 is 1.29 bits per heavy atom. The molecule has 0 aliphatic rings. The van der Waals surface area contributed by atoms with Crippen LogP contribution < -0.4 is 10.6 Å². The van der Waals surface area contributed by atoms with Crippen LogP contribution in [0.1, 0.15) is 19.4 Å². The van der Waals surface area contributed by atoms with Crippen molar-refractivity contribution in [1.82, 2.24) is 0 Å². The van der Waals surface area contributed by atoms with Gasteiger partial charge in [-0.2, -0.15) is 0 Å². The minimum absolute atomic E-state index is 0.841. The van der Waals surface area contributed by atoms with Gasteiger partial charge in [0.05, 0.1) is 5.69 Å². The number of halogens is 1. The SMILES string of the molecule is CCN(CC)c1cc(C)c(N)cc1Br. The molecule has 0 heterocycles. The van der Waals surface area contributed by atoms with Crippen LogP contribution in [0.2, 0.25) is 0 Å². The zero-order valence-electron chi connectivity index (χ0n) is 8.97. The number of anilines is 2. The average Bonchev–Trinajstić information content (AvgIpc) is 2.15. The highest BCUT2D eigenvalue weighted by Gasteiger charge is 2.08. The van der Waals surface area contributed by atoms with Crippen molar-refractivity contribution in [3.8, 4) is 0 Å². The number of nitrogens with zero attached hydrogens (tertiary/aromatic N) is 1. The zero-order chi connectivity index (χ0) is 10.7. The van der Waals surface area contributed by atoms with Gasteiger partial charge in [-0.1, -0.05) is 0 Å². The second-order valence-electron chi connectivity index (χ2n) is 3.33. The highest BCUT2D eigenvalue weighted by Crippen LogP contribution is 2.30. The summed E-state index contributed by atoms with van der Waals surface area (Å²) in [6.45, 7) is 8.37. The van der Waals surface area contributed by atoms with Crippen molar-refractivity contribution in [2.75, 3.05) is 23.7 Å². The van der Waals surface area contributed by atoms with Crippen molar-refractivity contribution < 1.29 is 0 Å². The Balaban J connectivity index is 3.14. The van der Waals surface area contributed by atoms with E-state index in [1.807, 2.05) is 13.0 Å². The summed E-state index contributed by atoms with van der Waals surface area (Å²) in [5.41, 5.74) is 9.02. The molecule has 0 aromatic heterocycles. The number of rotatable bonds is 3. The summed E-state index contributed by atoms with van der Waals surface area (Å²) in [5, 5.41) is 0. The molecule has 0 radical (unpaired) electrons. The molecule has 1 rings (SSSR count). The van der Waals surface area contributed by atoms with E-state index < -0.39 is 0 Å². The summed E-state index contributed by atoms with van der Waals surface area (Å²) in [6, 6.07) is 4.11. The second kappa shape index (κ2) is 4.69. The third-order valence-electron chi connectivity index (χ3n) is 2.44. The second-order valence-corrected chi connectivity index (χ2v) is 4.19. The van der Waals surface area contributed by atoms with Gasteiger partial charge in [0.15, 0.2) is 0 Å². The molecule has 0 unspecified atom stereocenters. The van der Waals surface area contributed by atoms with Gasteiger partial charge in [0, 0.05) is 23.2 Å². The van der Waals surface area contributed by atoms with Crippen LogP contribution >= 0.6 is 15.9 Å². The number of hydrogen-bond acceptors (Lipinski definition) is 2. The lowest BCUT2D eigenvalue weighted by Gasteiger charge is -2.23. The van der Waals surface area contributed by atoms with Gasteiger partial charge in [0.2, 0.25) is 0 Å². The summed E-state index contributed by atoms with van der Waals surface area (Å²) in [4.78, 5) is 2.30. The van der Waals surface area contributed by atoms with E-state index >= 15 is 0 Å². The van der Waals surface area contributed by atoms with Gasteiger partial charge in [-0.15, -0.1) is 0 Å². The largest absolute Gasteiger partial charge is 0.398 e. The highest BCUT2D eigenvalue weighted by molar-refractivity contribution is 9.10. The van der Waals surface area contributed by atoms with E-state index in [1.54, 1.807) is 0 Å². The fraction of sp³-hybridized carbons (Fsp3) is 0.455. The Bertz CT molecular complexity index is 319. The van der Waals surface area contributed by atoms with Crippen molar-refractivity contribution >= 4 is 27.3 Å². The van der Waals surface area contributed by atoms with Crippen LogP contribution in [0.25, 0.3) is 0 Å². The first-order valence-electron chi connectivity index (χ1n) is 4.90. The molecule has 0 fully saturated rings. The van der Waals surface area contributed by atoms with Gasteiger partial charge >= 0.3 is 0 Å². The maximum atomic E-state index is 5.82. The fourth-order valence-corrected chi connectivity index (χ4v) is 2.10. The van der Waals surface area contributed by atoms with Gasteiger partial charge in [0.1, 0.15) is 0 Å². The average molecular weight is 257 g/mol. The van der Waals surface area contributed by atoms with Gasteiger partial charge in [0.25, 0.3) is 0 Å². The smallest absolute Gasteiger partial charge is 0.0514 e. The van der Waals surface area contributed by atoms with Crippen molar-refractivity contribution in [2.45, 2.75) is 20.8 Å². The third-order valence-corrected chi connectivity index (χ3v) is 3.07. The summed E-state index contributed by atoms with van der Waals surface area (Å²) < 4.78 is 1.07. The maximum Gasteiger partial charge on any atom is 0.0514 e. The maximum absolute atomic E-state index is 5.82. The molecule has 0 spiro atoms. The Labute approximate surface area is 94.2 Å². The number of aryl methyl sites for hydroxylation is 1. The molecule has 78 valence electrons. The number of nitrogen functional groups attached to an aromatic ring is 1. The van der Waals surface area contributed by atoms with E-state index in [1.165, 1.54) is 5.69 Å². The molecule has 1 aromatic rings. The lowest BCUT2D eigenvalue weighted by atomic mass is 10.1. The van der Waals surface area contributed by atoms with E-state index in [0.29, 0.717) is 0 Å². The van der Waals surface area contributed by atoms with E-state index in [2.05, 4.69) is 40.7 Å². The monoisotopic (exact) mass is 256 g/mol. The van der Waals surface area contributed by atoms with Crippen molar-refractivity contribution in [1.29, 1.82) is 0 Å². The highest BCUT2D eigenvalue weighted by atomic mass is 79.9. The molecule has 0 aliphatic carbocycles. The molecule has 3 heteroatoms. The first kappa shape index (κ1) is 11.4. The molecule has 0 aliphatic heterocycles. The Morgan fingerprint density at radius 2 is 1.86 bits per heavy atom. The molecular weight excluding hydrogens is 240 g/mol. The molecule has 14 heavy (non-hydrogen) atoms. The molecule has 0 saturated carbocycles. The van der Waals surface area contributed by atoms with Crippen LogP contribution in [0.15, 0.2) is 16.6 Å². The van der Waals surface area contributed by atoms with Gasteiger partial charge in [-0.25, -0.2) is 0 Å². The Kier molecular flexibility index (Phi) is 3.81. The standard InChI is InChI=1S/C11H17BrN2/c1-4-14(5-2)11-6-8(3)10(13)7-9(11)12/h6-7H,4-5,13H2,1-3H3. The number of benzene rings is 1. The van der Waals surface area contributed by atoms with Gasteiger partial charge in [-0.05, 0) is 54.4 Å². The molecule has 0 saturated heterocycles. The zero-order valence-corrected chi connectivity index (χ0v) is 10.6. The lowest BCUT2D eigenvalue weighted by molar-refractivity contribution is 0.863. The van der Waals surface area contributed by atoms with E-state index in [0.717, 1.165) is 28.8 Å². The Hall–Kier alpha value is -0.700. The predicted octanol–water partition coefficient (Wildman–Crippen LogP) is 3.19. The van der Waals surface area contributed by atoms with Crippen LogP contribution in [0.4, 0.5) is 11.4 Å². The third kappa shape index (κ3) is 2.21.